The predicted octanol–water partition coefficient (Wildman–Crippen LogP) is 2.45. The minimum absolute atomic E-state index is 0.0943. The van der Waals surface area contributed by atoms with Gasteiger partial charge in [0.1, 0.15) is 0 Å². The van der Waals surface area contributed by atoms with Crippen molar-refractivity contribution in [3.8, 4) is 0 Å². The van der Waals surface area contributed by atoms with Gasteiger partial charge in [-0.1, -0.05) is 19.8 Å². The molecule has 94 valence electrons. The Kier molecular flexibility index (Phi) is 5.81. The Hall–Kier alpha value is -0.570. The Morgan fingerprint density at radius 3 is 2.56 bits per heavy atom. The molecule has 0 amide bonds. The molecule has 0 spiro atoms. The minimum Gasteiger partial charge on any atom is -0.469 e. The summed E-state index contributed by atoms with van der Waals surface area (Å²) in [6.07, 6.45) is 5.76. The van der Waals surface area contributed by atoms with Crippen LogP contribution in [0.1, 0.15) is 46.0 Å². The van der Waals surface area contributed by atoms with Gasteiger partial charge in [0, 0.05) is 6.04 Å². The van der Waals surface area contributed by atoms with Crippen LogP contribution in [0.5, 0.6) is 0 Å². The van der Waals surface area contributed by atoms with E-state index >= 15 is 0 Å². The maximum Gasteiger partial charge on any atom is 0.307 e. The van der Waals surface area contributed by atoms with Gasteiger partial charge >= 0.3 is 5.97 Å². The van der Waals surface area contributed by atoms with E-state index in [2.05, 4.69) is 18.7 Å². The maximum atomic E-state index is 11.2. The lowest BCUT2D eigenvalue weighted by atomic mass is 9.91. The van der Waals surface area contributed by atoms with Gasteiger partial charge in [-0.2, -0.15) is 0 Å². The van der Waals surface area contributed by atoms with Crippen LogP contribution >= 0.6 is 0 Å². The first kappa shape index (κ1) is 13.5. The molecule has 1 aliphatic rings. The van der Waals surface area contributed by atoms with Gasteiger partial charge in [-0.15, -0.1) is 0 Å². The summed E-state index contributed by atoms with van der Waals surface area (Å²) in [5.41, 5.74) is 0. The highest BCUT2D eigenvalue weighted by atomic mass is 16.5. The van der Waals surface area contributed by atoms with E-state index in [0.29, 0.717) is 12.5 Å². The molecule has 0 aromatic heterocycles. The fourth-order valence-corrected chi connectivity index (χ4v) is 2.54. The number of nitrogens with zero attached hydrogens (tertiary/aromatic N) is 1. The van der Waals surface area contributed by atoms with E-state index in [9.17, 15) is 4.79 Å². The number of hydrogen-bond donors (Lipinski definition) is 0. The van der Waals surface area contributed by atoms with Crippen LogP contribution in [0.4, 0.5) is 0 Å². The molecule has 0 aliphatic carbocycles. The molecule has 1 fully saturated rings. The van der Waals surface area contributed by atoms with Crippen LogP contribution in [0.3, 0.4) is 0 Å². The molecule has 1 heterocycles. The van der Waals surface area contributed by atoms with Gasteiger partial charge in [0.15, 0.2) is 0 Å². The summed E-state index contributed by atoms with van der Waals surface area (Å²) in [5.74, 6) is 0.815. The Bertz CT molecular complexity index is 210. The average Bonchev–Trinajstić information content (AvgIpc) is 2.30. The summed E-state index contributed by atoms with van der Waals surface area (Å²) in [6, 6.07) is 0.329. The average molecular weight is 227 g/mol. The van der Waals surface area contributed by atoms with Crippen molar-refractivity contribution in [1.29, 1.82) is 0 Å². The molecule has 1 atom stereocenters. The Labute approximate surface area is 99.1 Å². The third-order valence-corrected chi connectivity index (χ3v) is 3.66. The molecule has 1 unspecified atom stereocenters. The molecule has 0 saturated carbocycles. The lowest BCUT2D eigenvalue weighted by Crippen LogP contribution is -2.41. The zero-order chi connectivity index (χ0) is 12.0. The zero-order valence-corrected chi connectivity index (χ0v) is 10.9. The van der Waals surface area contributed by atoms with Crippen molar-refractivity contribution in [3.05, 3.63) is 0 Å². The zero-order valence-electron chi connectivity index (χ0n) is 10.9. The van der Waals surface area contributed by atoms with Crippen LogP contribution in [0.15, 0.2) is 0 Å². The molecule has 1 rings (SSSR count). The number of piperidine rings is 1. The van der Waals surface area contributed by atoms with Gasteiger partial charge in [0.2, 0.25) is 0 Å². The lowest BCUT2D eigenvalue weighted by Gasteiger charge is -2.35. The normalized spacial score (nSPS) is 20.7. The van der Waals surface area contributed by atoms with Gasteiger partial charge in [-0.25, -0.2) is 0 Å². The fourth-order valence-electron chi connectivity index (χ4n) is 2.54. The van der Waals surface area contributed by atoms with Crippen molar-refractivity contribution in [3.63, 3.8) is 0 Å². The number of carbonyl (C=O) groups excluding carboxylic acids is 1. The molecule has 3 nitrogen and oxygen atoms in total. The van der Waals surface area contributed by atoms with Gasteiger partial charge < -0.3 is 9.64 Å². The first-order valence-electron chi connectivity index (χ1n) is 6.48. The summed E-state index contributed by atoms with van der Waals surface area (Å²) >= 11 is 0. The monoisotopic (exact) mass is 227 g/mol. The van der Waals surface area contributed by atoms with E-state index in [1.165, 1.54) is 32.8 Å². The summed E-state index contributed by atoms with van der Waals surface area (Å²) in [6.45, 7) is 6.66. The second kappa shape index (κ2) is 6.89. The summed E-state index contributed by atoms with van der Waals surface area (Å²) in [5, 5.41) is 0. The smallest absolute Gasteiger partial charge is 0.307 e. The van der Waals surface area contributed by atoms with E-state index in [1.807, 2.05) is 0 Å². The number of hydrogen-bond acceptors (Lipinski definition) is 3. The number of ether oxygens (including phenoxy) is 1. The first-order chi connectivity index (χ1) is 7.67. The van der Waals surface area contributed by atoms with Crippen molar-refractivity contribution < 1.29 is 9.53 Å². The number of likely N-dealkylation sites (tertiary alicyclic amines) is 1. The minimum atomic E-state index is -0.0943. The van der Waals surface area contributed by atoms with Crippen LogP contribution in [0.25, 0.3) is 0 Å². The number of esters is 1. The summed E-state index contributed by atoms with van der Waals surface area (Å²) in [7, 11) is 1.46. The van der Waals surface area contributed by atoms with Crippen molar-refractivity contribution >= 4 is 5.97 Å². The molecule has 1 saturated heterocycles. The first-order valence-corrected chi connectivity index (χ1v) is 6.48. The third-order valence-electron chi connectivity index (χ3n) is 3.66. The molecule has 0 aromatic rings. The fraction of sp³-hybridized carbons (Fsp3) is 0.923. The van der Waals surface area contributed by atoms with Gasteiger partial charge in [-0.05, 0) is 38.8 Å². The Morgan fingerprint density at radius 1 is 1.44 bits per heavy atom. The highest BCUT2D eigenvalue weighted by Crippen LogP contribution is 2.23. The van der Waals surface area contributed by atoms with Crippen LogP contribution in [-0.2, 0) is 9.53 Å². The quantitative estimate of drug-likeness (QED) is 0.676. The molecule has 16 heavy (non-hydrogen) atoms. The van der Waals surface area contributed by atoms with Crippen molar-refractivity contribution in [2.45, 2.75) is 52.0 Å². The van der Waals surface area contributed by atoms with Gasteiger partial charge in [-0.3, -0.25) is 4.79 Å². The Balaban J connectivity index is 2.27. The molecular weight excluding hydrogens is 202 g/mol. The lowest BCUT2D eigenvalue weighted by molar-refractivity contribution is -0.142. The molecule has 3 heteroatoms. The summed E-state index contributed by atoms with van der Waals surface area (Å²) in [4.78, 5) is 13.6. The topological polar surface area (TPSA) is 29.5 Å². The van der Waals surface area contributed by atoms with Crippen LogP contribution in [0, 0.1) is 5.92 Å². The number of rotatable bonds is 5. The van der Waals surface area contributed by atoms with Crippen LogP contribution < -0.4 is 0 Å². The van der Waals surface area contributed by atoms with Gasteiger partial charge in [0.25, 0.3) is 0 Å². The molecule has 1 aliphatic heterocycles. The molecule has 0 radical (unpaired) electrons. The maximum absolute atomic E-state index is 11.2. The van der Waals surface area contributed by atoms with Crippen LogP contribution in [-0.4, -0.2) is 37.1 Å². The molecule has 0 aromatic carbocycles. The predicted molar refractivity (Wildman–Crippen MR) is 65.3 cm³/mol. The Morgan fingerprint density at radius 2 is 2.06 bits per heavy atom. The second-order valence-corrected chi connectivity index (χ2v) is 4.90. The number of methoxy groups -OCH3 is 1. The van der Waals surface area contributed by atoms with E-state index in [-0.39, 0.29) is 5.97 Å². The standard InChI is InChI=1S/C13H25NO2/c1-4-5-12-6-8-14(9-7-12)11(2)10-13(15)16-3/h11-12H,4-10H2,1-3H3. The highest BCUT2D eigenvalue weighted by molar-refractivity contribution is 5.69. The molecule has 0 bridgehead atoms. The highest BCUT2D eigenvalue weighted by Gasteiger charge is 2.23. The van der Waals surface area contributed by atoms with E-state index in [0.717, 1.165) is 19.0 Å². The SMILES string of the molecule is CCCC1CCN(C(C)CC(=O)OC)CC1. The third kappa shape index (κ3) is 4.12. The van der Waals surface area contributed by atoms with Crippen molar-refractivity contribution in [1.82, 2.24) is 4.90 Å². The van der Waals surface area contributed by atoms with E-state index < -0.39 is 0 Å². The van der Waals surface area contributed by atoms with E-state index in [4.69, 9.17) is 4.74 Å². The van der Waals surface area contributed by atoms with Gasteiger partial charge in [0.05, 0.1) is 13.5 Å². The van der Waals surface area contributed by atoms with Crippen LogP contribution in [0.2, 0.25) is 0 Å². The molecular formula is C13H25NO2. The summed E-state index contributed by atoms with van der Waals surface area (Å²) < 4.78 is 4.71. The second-order valence-electron chi connectivity index (χ2n) is 4.90. The molecule has 0 N–H and O–H groups in total. The van der Waals surface area contributed by atoms with E-state index in [1.54, 1.807) is 0 Å². The largest absolute Gasteiger partial charge is 0.469 e. The van der Waals surface area contributed by atoms with Crippen molar-refractivity contribution in [2.75, 3.05) is 20.2 Å². The number of carbonyl (C=O) groups is 1. The van der Waals surface area contributed by atoms with Crippen molar-refractivity contribution in [2.24, 2.45) is 5.92 Å².